The molecule has 4 rings (SSSR count). The van der Waals surface area contributed by atoms with Crippen molar-refractivity contribution in [1.29, 1.82) is 0 Å². The second-order valence-electron chi connectivity index (χ2n) is 6.01. The van der Waals surface area contributed by atoms with Crippen molar-refractivity contribution in [3.8, 4) is 16.9 Å². The highest BCUT2D eigenvalue weighted by atomic mass is 32.2. The van der Waals surface area contributed by atoms with Crippen LogP contribution in [0.5, 0.6) is 5.75 Å². The number of benzene rings is 3. The van der Waals surface area contributed by atoms with Crippen LogP contribution in [0.1, 0.15) is 0 Å². The molecule has 3 aromatic carbocycles. The van der Waals surface area contributed by atoms with Crippen molar-refractivity contribution >= 4 is 27.3 Å². The van der Waals surface area contributed by atoms with Crippen LogP contribution in [0.3, 0.4) is 0 Å². The first-order valence-corrected chi connectivity index (χ1v) is 9.75. The highest BCUT2D eigenvalue weighted by molar-refractivity contribution is 7.92. The Morgan fingerprint density at radius 3 is 2.48 bits per heavy atom. The van der Waals surface area contributed by atoms with Crippen molar-refractivity contribution in [2.24, 2.45) is 0 Å². The summed E-state index contributed by atoms with van der Waals surface area (Å²) in [4.78, 5) is 11.5. The summed E-state index contributed by atoms with van der Waals surface area (Å²) in [5.74, 6) is 0.123. The van der Waals surface area contributed by atoms with Crippen molar-refractivity contribution in [3.63, 3.8) is 0 Å². The lowest BCUT2D eigenvalue weighted by atomic mass is 10.0. The van der Waals surface area contributed by atoms with Gasteiger partial charge in [-0.25, -0.2) is 8.42 Å². The normalized spacial score (nSPS) is 13.3. The summed E-state index contributed by atoms with van der Waals surface area (Å²) in [6.07, 6.45) is 0. The zero-order chi connectivity index (χ0) is 18.9. The van der Waals surface area contributed by atoms with E-state index in [1.807, 2.05) is 42.5 Å². The maximum atomic E-state index is 12.9. The van der Waals surface area contributed by atoms with Crippen LogP contribution in [0.4, 0.5) is 11.4 Å². The molecule has 0 radical (unpaired) electrons. The lowest BCUT2D eigenvalue weighted by Crippen LogP contribution is -2.25. The van der Waals surface area contributed by atoms with Gasteiger partial charge in [0.15, 0.2) is 6.61 Å². The van der Waals surface area contributed by atoms with Gasteiger partial charge in [0.1, 0.15) is 5.75 Å². The summed E-state index contributed by atoms with van der Waals surface area (Å²) in [7, 11) is -3.85. The Morgan fingerprint density at radius 2 is 1.67 bits per heavy atom. The molecule has 2 N–H and O–H groups in total. The van der Waals surface area contributed by atoms with Crippen LogP contribution in [-0.2, 0) is 14.8 Å². The molecule has 0 unspecified atom stereocenters. The Balaban J connectivity index is 1.69. The number of anilines is 2. The van der Waals surface area contributed by atoms with Gasteiger partial charge in [-0.05, 0) is 29.8 Å². The van der Waals surface area contributed by atoms with Crippen LogP contribution in [0, 0.1) is 0 Å². The average Bonchev–Trinajstić information content (AvgIpc) is 2.68. The molecule has 0 saturated carbocycles. The van der Waals surface area contributed by atoms with E-state index < -0.39 is 10.0 Å². The van der Waals surface area contributed by atoms with Gasteiger partial charge in [0, 0.05) is 5.56 Å². The van der Waals surface area contributed by atoms with Crippen LogP contribution >= 0.6 is 0 Å². The predicted molar refractivity (Wildman–Crippen MR) is 103 cm³/mol. The molecule has 0 fully saturated rings. The monoisotopic (exact) mass is 380 g/mol. The fraction of sp³-hybridized carbons (Fsp3) is 0.0500. The molecule has 27 heavy (non-hydrogen) atoms. The van der Waals surface area contributed by atoms with E-state index in [-0.39, 0.29) is 17.4 Å². The molecule has 7 heteroatoms. The van der Waals surface area contributed by atoms with E-state index in [1.54, 1.807) is 12.1 Å². The molecule has 3 aromatic rings. The van der Waals surface area contributed by atoms with Crippen LogP contribution in [0.2, 0.25) is 0 Å². The molecule has 1 aliphatic heterocycles. The smallest absolute Gasteiger partial charge is 0.262 e. The van der Waals surface area contributed by atoms with E-state index in [0.717, 1.165) is 11.1 Å². The van der Waals surface area contributed by atoms with Gasteiger partial charge < -0.3 is 10.1 Å². The molecule has 0 aromatic heterocycles. The molecule has 1 aliphatic rings. The number of amides is 1. The molecule has 6 nitrogen and oxygen atoms in total. The quantitative estimate of drug-likeness (QED) is 0.726. The number of carbonyl (C=O) groups excluding carboxylic acids is 1. The third-order valence-corrected chi connectivity index (χ3v) is 5.51. The summed E-state index contributed by atoms with van der Waals surface area (Å²) < 4.78 is 33.7. The van der Waals surface area contributed by atoms with Gasteiger partial charge in [-0.1, -0.05) is 48.5 Å². The van der Waals surface area contributed by atoms with Gasteiger partial charge in [0.2, 0.25) is 0 Å². The van der Waals surface area contributed by atoms with Crippen LogP contribution < -0.4 is 14.8 Å². The first-order chi connectivity index (χ1) is 13.0. The van der Waals surface area contributed by atoms with Crippen molar-refractivity contribution in [2.75, 3.05) is 16.6 Å². The first-order valence-electron chi connectivity index (χ1n) is 8.27. The predicted octanol–water partition coefficient (Wildman–Crippen LogP) is 3.49. The number of rotatable bonds is 4. The van der Waals surface area contributed by atoms with E-state index in [9.17, 15) is 13.2 Å². The number of hydrogen-bond acceptors (Lipinski definition) is 4. The number of fused-ring (bicyclic) bond motifs is 1. The Labute approximate surface area is 156 Å². The largest absolute Gasteiger partial charge is 0.482 e. The fourth-order valence-electron chi connectivity index (χ4n) is 2.87. The Bertz CT molecular complexity index is 1110. The standard InChI is InChI=1S/C20H16N2O4S/c23-20-13-26-19-11-10-15(12-18(19)21-20)27(24,25)22-17-9-5-4-8-16(17)14-6-2-1-3-7-14/h1-12,22H,13H2,(H,21,23). The number of hydrogen-bond donors (Lipinski definition) is 2. The lowest BCUT2D eigenvalue weighted by molar-refractivity contribution is -0.118. The molecule has 136 valence electrons. The third kappa shape index (κ3) is 3.50. The molecule has 0 saturated heterocycles. The first kappa shape index (κ1) is 17.1. The van der Waals surface area contributed by atoms with Gasteiger partial charge >= 0.3 is 0 Å². The van der Waals surface area contributed by atoms with Crippen LogP contribution in [0.15, 0.2) is 77.7 Å². The summed E-state index contributed by atoms with van der Waals surface area (Å²) in [6.45, 7) is -0.0815. The van der Waals surface area contributed by atoms with Gasteiger partial charge in [0.05, 0.1) is 16.3 Å². The summed E-state index contributed by atoms with van der Waals surface area (Å²) in [5, 5.41) is 2.62. The maximum Gasteiger partial charge on any atom is 0.262 e. The number of ether oxygens (including phenoxy) is 1. The molecule has 0 atom stereocenters. The van der Waals surface area contributed by atoms with E-state index in [4.69, 9.17) is 4.74 Å². The van der Waals surface area contributed by atoms with Gasteiger partial charge in [-0.15, -0.1) is 0 Å². The van der Waals surface area contributed by atoms with Crippen molar-refractivity contribution in [3.05, 3.63) is 72.8 Å². The molecule has 0 aliphatic carbocycles. The van der Waals surface area contributed by atoms with Crippen molar-refractivity contribution < 1.29 is 17.9 Å². The maximum absolute atomic E-state index is 12.9. The fourth-order valence-corrected chi connectivity index (χ4v) is 3.98. The number of carbonyl (C=O) groups is 1. The second-order valence-corrected chi connectivity index (χ2v) is 7.69. The highest BCUT2D eigenvalue weighted by Crippen LogP contribution is 2.33. The summed E-state index contributed by atoms with van der Waals surface area (Å²) in [6, 6.07) is 21.1. The molecule has 0 spiro atoms. The third-order valence-electron chi connectivity index (χ3n) is 4.15. The highest BCUT2D eigenvalue weighted by Gasteiger charge is 2.21. The molecule has 1 heterocycles. The topological polar surface area (TPSA) is 84.5 Å². The van der Waals surface area contributed by atoms with Gasteiger partial charge in [-0.3, -0.25) is 9.52 Å². The molecular weight excluding hydrogens is 364 g/mol. The number of nitrogens with one attached hydrogen (secondary N) is 2. The zero-order valence-corrected chi connectivity index (χ0v) is 15.0. The van der Waals surface area contributed by atoms with Crippen molar-refractivity contribution in [2.45, 2.75) is 4.90 Å². The van der Waals surface area contributed by atoms with Gasteiger partial charge in [0.25, 0.3) is 15.9 Å². The zero-order valence-electron chi connectivity index (χ0n) is 14.2. The minimum absolute atomic E-state index is 0.0370. The minimum atomic E-state index is -3.85. The van der Waals surface area contributed by atoms with Crippen LogP contribution in [-0.4, -0.2) is 20.9 Å². The van der Waals surface area contributed by atoms with Crippen LogP contribution in [0.25, 0.3) is 11.1 Å². The number of para-hydroxylation sites is 1. The van der Waals surface area contributed by atoms with E-state index in [0.29, 0.717) is 17.1 Å². The SMILES string of the molecule is O=C1COc2ccc(S(=O)(=O)Nc3ccccc3-c3ccccc3)cc2N1. The second kappa shape index (κ2) is 6.77. The molecule has 1 amide bonds. The lowest BCUT2D eigenvalue weighted by Gasteiger charge is -2.19. The summed E-state index contributed by atoms with van der Waals surface area (Å²) >= 11 is 0. The van der Waals surface area contributed by atoms with E-state index in [1.165, 1.54) is 18.2 Å². The average molecular weight is 380 g/mol. The van der Waals surface area contributed by atoms with Crippen molar-refractivity contribution in [1.82, 2.24) is 0 Å². The summed E-state index contributed by atoms with van der Waals surface area (Å²) in [5.41, 5.74) is 2.49. The van der Waals surface area contributed by atoms with E-state index >= 15 is 0 Å². The van der Waals surface area contributed by atoms with E-state index in [2.05, 4.69) is 10.0 Å². The Morgan fingerprint density at radius 1 is 0.926 bits per heavy atom. The number of sulfonamides is 1. The molecule has 0 bridgehead atoms. The minimum Gasteiger partial charge on any atom is -0.482 e. The van der Waals surface area contributed by atoms with Gasteiger partial charge in [-0.2, -0.15) is 0 Å². The molecular formula is C20H16N2O4S. The Hall–Kier alpha value is -3.32. The Kier molecular flexibility index (Phi) is 4.29.